The number of benzene rings is 2. The van der Waals surface area contributed by atoms with Gasteiger partial charge in [0.2, 0.25) is 5.91 Å². The number of halogens is 3. The Hall–Kier alpha value is -3.23. The number of amides is 2. The van der Waals surface area contributed by atoms with Gasteiger partial charge in [0.05, 0.1) is 12.1 Å². The molecule has 9 heteroatoms. The van der Waals surface area contributed by atoms with Crippen molar-refractivity contribution in [3.63, 3.8) is 0 Å². The summed E-state index contributed by atoms with van der Waals surface area (Å²) < 4.78 is 40.0. The van der Waals surface area contributed by atoms with Gasteiger partial charge in [-0.3, -0.25) is 9.59 Å². The summed E-state index contributed by atoms with van der Waals surface area (Å²) in [5.41, 5.74) is 7.00. The Morgan fingerprint density at radius 2 is 1.77 bits per heavy atom. The number of nitrogens with two attached hydrogens (primary N) is 1. The summed E-state index contributed by atoms with van der Waals surface area (Å²) in [5.74, 6) is -1.46. The van der Waals surface area contributed by atoms with Crippen LogP contribution in [-0.4, -0.2) is 24.7 Å². The molecule has 0 aliphatic heterocycles. The van der Waals surface area contributed by atoms with Crippen LogP contribution in [0, 0.1) is 6.92 Å². The second kappa shape index (κ2) is 7.77. The lowest BCUT2D eigenvalue weighted by molar-refractivity contribution is -0.274. The van der Waals surface area contributed by atoms with E-state index in [1.165, 1.54) is 12.1 Å². The molecule has 0 saturated carbocycles. The van der Waals surface area contributed by atoms with Gasteiger partial charge in [-0.25, -0.2) is 0 Å². The number of ether oxygens (including phenoxy) is 1. The average molecular weight is 367 g/mol. The van der Waals surface area contributed by atoms with E-state index in [0.29, 0.717) is 16.9 Å². The lowest BCUT2D eigenvalue weighted by Crippen LogP contribution is -2.24. The molecule has 2 aromatic rings. The van der Waals surface area contributed by atoms with Crippen molar-refractivity contribution in [2.24, 2.45) is 5.73 Å². The minimum atomic E-state index is -4.78. The van der Waals surface area contributed by atoms with Crippen molar-refractivity contribution in [2.45, 2.75) is 13.3 Å². The molecule has 0 aliphatic carbocycles. The lowest BCUT2D eigenvalue weighted by atomic mass is 10.1. The SMILES string of the molecule is Cc1cccc(NCC(=O)Nc2ccc(OC(F)(F)F)cc2)c1C(N)=O. The van der Waals surface area contributed by atoms with Gasteiger partial charge >= 0.3 is 6.36 Å². The molecule has 0 fully saturated rings. The van der Waals surface area contributed by atoms with Gasteiger partial charge in [-0.05, 0) is 42.8 Å². The van der Waals surface area contributed by atoms with E-state index in [4.69, 9.17) is 5.73 Å². The average Bonchev–Trinajstić information content (AvgIpc) is 2.53. The van der Waals surface area contributed by atoms with Gasteiger partial charge in [0, 0.05) is 11.4 Å². The highest BCUT2D eigenvalue weighted by Crippen LogP contribution is 2.24. The number of primary amides is 1. The van der Waals surface area contributed by atoms with Gasteiger partial charge < -0.3 is 21.1 Å². The summed E-state index contributed by atoms with van der Waals surface area (Å²) in [4.78, 5) is 23.5. The summed E-state index contributed by atoms with van der Waals surface area (Å²) in [6, 6.07) is 9.77. The molecule has 0 aliphatic rings. The van der Waals surface area contributed by atoms with Gasteiger partial charge in [0.15, 0.2) is 0 Å². The van der Waals surface area contributed by atoms with Crippen LogP contribution >= 0.6 is 0 Å². The standard InChI is InChI=1S/C17H16F3N3O3/c1-10-3-2-4-13(15(10)16(21)25)22-9-14(24)23-11-5-7-12(8-6-11)26-17(18,19)20/h2-8,22H,9H2,1H3,(H2,21,25)(H,23,24). The number of aryl methyl sites for hydroxylation is 1. The van der Waals surface area contributed by atoms with Crippen LogP contribution in [0.25, 0.3) is 0 Å². The Morgan fingerprint density at radius 3 is 2.35 bits per heavy atom. The Morgan fingerprint density at radius 1 is 1.12 bits per heavy atom. The number of anilines is 2. The van der Waals surface area contributed by atoms with E-state index < -0.39 is 18.2 Å². The van der Waals surface area contributed by atoms with E-state index in [0.717, 1.165) is 12.1 Å². The Bertz CT molecular complexity index is 805. The number of rotatable bonds is 6. The molecule has 2 aromatic carbocycles. The van der Waals surface area contributed by atoms with Crippen LogP contribution < -0.4 is 21.1 Å². The first-order chi connectivity index (χ1) is 12.2. The van der Waals surface area contributed by atoms with Crippen LogP contribution in [0.3, 0.4) is 0 Å². The van der Waals surface area contributed by atoms with Gasteiger partial charge in [0.1, 0.15) is 5.75 Å². The van der Waals surface area contributed by atoms with Crippen LogP contribution in [0.5, 0.6) is 5.75 Å². The summed E-state index contributed by atoms with van der Waals surface area (Å²) >= 11 is 0. The highest BCUT2D eigenvalue weighted by molar-refractivity contribution is 6.01. The molecule has 6 nitrogen and oxygen atoms in total. The summed E-state index contributed by atoms with van der Waals surface area (Å²) in [5, 5.41) is 5.32. The predicted molar refractivity (Wildman–Crippen MR) is 89.9 cm³/mol. The van der Waals surface area contributed by atoms with Crippen molar-refractivity contribution in [3.05, 3.63) is 53.6 Å². The van der Waals surface area contributed by atoms with Crippen LogP contribution in [-0.2, 0) is 4.79 Å². The number of hydrogen-bond donors (Lipinski definition) is 3. The molecule has 2 rings (SSSR count). The first-order valence-electron chi connectivity index (χ1n) is 7.44. The zero-order valence-corrected chi connectivity index (χ0v) is 13.7. The molecule has 0 bridgehead atoms. The van der Waals surface area contributed by atoms with Crippen molar-refractivity contribution >= 4 is 23.2 Å². The molecular formula is C17H16F3N3O3. The summed E-state index contributed by atoms with van der Waals surface area (Å²) in [7, 11) is 0. The Balaban J connectivity index is 1.96. The fourth-order valence-corrected chi connectivity index (χ4v) is 2.26. The minimum Gasteiger partial charge on any atom is -0.406 e. The number of alkyl halides is 3. The van der Waals surface area contributed by atoms with Crippen molar-refractivity contribution in [1.82, 2.24) is 0 Å². The fourth-order valence-electron chi connectivity index (χ4n) is 2.26. The second-order valence-corrected chi connectivity index (χ2v) is 5.34. The van der Waals surface area contributed by atoms with Crippen LogP contribution in [0.4, 0.5) is 24.5 Å². The smallest absolute Gasteiger partial charge is 0.406 e. The van der Waals surface area contributed by atoms with Gasteiger partial charge in [-0.1, -0.05) is 12.1 Å². The Kier molecular flexibility index (Phi) is 5.71. The van der Waals surface area contributed by atoms with E-state index in [2.05, 4.69) is 15.4 Å². The van der Waals surface area contributed by atoms with Crippen LogP contribution in [0.2, 0.25) is 0 Å². The van der Waals surface area contributed by atoms with E-state index in [1.54, 1.807) is 25.1 Å². The molecule has 0 saturated heterocycles. The molecule has 0 aromatic heterocycles. The normalized spacial score (nSPS) is 10.9. The molecular weight excluding hydrogens is 351 g/mol. The van der Waals surface area contributed by atoms with Gasteiger partial charge in [-0.2, -0.15) is 0 Å². The zero-order valence-electron chi connectivity index (χ0n) is 13.7. The first-order valence-corrected chi connectivity index (χ1v) is 7.44. The fraction of sp³-hybridized carbons (Fsp3) is 0.176. The predicted octanol–water partition coefficient (Wildman–Crippen LogP) is 3.04. The van der Waals surface area contributed by atoms with E-state index >= 15 is 0 Å². The van der Waals surface area contributed by atoms with E-state index in [9.17, 15) is 22.8 Å². The maximum Gasteiger partial charge on any atom is 0.573 e. The minimum absolute atomic E-state index is 0.162. The van der Waals surface area contributed by atoms with E-state index in [-0.39, 0.29) is 17.9 Å². The highest BCUT2D eigenvalue weighted by atomic mass is 19.4. The quantitative estimate of drug-likeness (QED) is 0.732. The third-order valence-electron chi connectivity index (χ3n) is 3.33. The van der Waals surface area contributed by atoms with Crippen LogP contribution in [0.15, 0.2) is 42.5 Å². The highest BCUT2D eigenvalue weighted by Gasteiger charge is 2.30. The van der Waals surface area contributed by atoms with Gasteiger partial charge in [0.25, 0.3) is 5.91 Å². The third-order valence-corrected chi connectivity index (χ3v) is 3.33. The summed E-state index contributed by atoms with van der Waals surface area (Å²) in [6.45, 7) is 1.56. The molecule has 0 atom stereocenters. The molecule has 0 radical (unpaired) electrons. The third kappa shape index (κ3) is 5.40. The van der Waals surface area contributed by atoms with Gasteiger partial charge in [-0.15, -0.1) is 13.2 Å². The zero-order chi connectivity index (χ0) is 19.3. The summed E-state index contributed by atoms with van der Waals surface area (Å²) in [6.07, 6.45) is -4.78. The molecule has 26 heavy (non-hydrogen) atoms. The molecule has 4 N–H and O–H groups in total. The van der Waals surface area contributed by atoms with Crippen LogP contribution in [0.1, 0.15) is 15.9 Å². The molecule has 138 valence electrons. The largest absolute Gasteiger partial charge is 0.573 e. The molecule has 0 spiro atoms. The molecule has 0 unspecified atom stereocenters. The first kappa shape index (κ1) is 19.1. The van der Waals surface area contributed by atoms with Crippen molar-refractivity contribution in [1.29, 1.82) is 0 Å². The molecule has 2 amide bonds. The lowest BCUT2D eigenvalue weighted by Gasteiger charge is -2.13. The molecule has 0 heterocycles. The Labute approximate surface area is 147 Å². The maximum atomic E-state index is 12.1. The monoisotopic (exact) mass is 367 g/mol. The van der Waals surface area contributed by atoms with E-state index in [1.807, 2.05) is 0 Å². The number of hydrogen-bond acceptors (Lipinski definition) is 4. The topological polar surface area (TPSA) is 93.4 Å². The number of carbonyl (C=O) groups is 2. The van der Waals surface area contributed by atoms with Crippen molar-refractivity contribution in [3.8, 4) is 5.75 Å². The van der Waals surface area contributed by atoms with Crippen molar-refractivity contribution in [2.75, 3.05) is 17.2 Å². The number of nitrogens with one attached hydrogen (secondary N) is 2. The maximum absolute atomic E-state index is 12.1. The second-order valence-electron chi connectivity index (χ2n) is 5.34. The van der Waals surface area contributed by atoms with Crippen molar-refractivity contribution < 1.29 is 27.5 Å². The number of carbonyl (C=O) groups excluding carboxylic acids is 2.